The molecular formula is C12H15N3O. The predicted molar refractivity (Wildman–Crippen MR) is 62.5 cm³/mol. The number of aromatic nitrogens is 1. The summed E-state index contributed by atoms with van der Waals surface area (Å²) in [5.74, 6) is 2.41. The van der Waals surface area contributed by atoms with Crippen LogP contribution in [0.5, 0.6) is 0 Å². The first-order valence-electron chi connectivity index (χ1n) is 5.14. The maximum atomic E-state index is 11.6. The SMILES string of the molecule is C#CCCCNC(=O)c1ccnc(CN)c1. The molecule has 0 saturated heterocycles. The van der Waals surface area contributed by atoms with Gasteiger partial charge in [0.05, 0.1) is 5.69 Å². The minimum Gasteiger partial charge on any atom is -0.352 e. The van der Waals surface area contributed by atoms with Gasteiger partial charge in [-0.1, -0.05) is 0 Å². The normalized spacial score (nSPS) is 9.50. The van der Waals surface area contributed by atoms with E-state index < -0.39 is 0 Å². The Hall–Kier alpha value is -1.86. The number of rotatable bonds is 5. The molecule has 0 atom stereocenters. The average molecular weight is 217 g/mol. The first-order valence-corrected chi connectivity index (χ1v) is 5.14. The number of nitrogens with one attached hydrogen (secondary N) is 1. The number of hydrogen-bond acceptors (Lipinski definition) is 3. The molecule has 1 aromatic heterocycles. The number of unbranched alkanes of at least 4 members (excludes halogenated alkanes) is 1. The number of pyridine rings is 1. The zero-order valence-corrected chi connectivity index (χ0v) is 9.07. The minimum absolute atomic E-state index is 0.117. The molecular weight excluding hydrogens is 202 g/mol. The van der Waals surface area contributed by atoms with Crippen molar-refractivity contribution in [3.63, 3.8) is 0 Å². The summed E-state index contributed by atoms with van der Waals surface area (Å²) in [6.07, 6.45) is 8.15. The summed E-state index contributed by atoms with van der Waals surface area (Å²) in [5.41, 5.74) is 6.73. The van der Waals surface area contributed by atoms with Crippen molar-refractivity contribution in [2.45, 2.75) is 19.4 Å². The van der Waals surface area contributed by atoms with E-state index in [0.29, 0.717) is 30.8 Å². The molecule has 0 aliphatic rings. The van der Waals surface area contributed by atoms with Crippen LogP contribution in [0.3, 0.4) is 0 Å². The van der Waals surface area contributed by atoms with Crippen LogP contribution in [0, 0.1) is 12.3 Å². The van der Waals surface area contributed by atoms with Crippen molar-refractivity contribution in [1.29, 1.82) is 0 Å². The summed E-state index contributed by atoms with van der Waals surface area (Å²) in [6, 6.07) is 3.35. The molecule has 1 rings (SSSR count). The molecule has 0 spiro atoms. The van der Waals surface area contributed by atoms with Crippen LogP contribution in [0.2, 0.25) is 0 Å². The zero-order chi connectivity index (χ0) is 11.8. The second-order valence-corrected chi connectivity index (χ2v) is 3.30. The van der Waals surface area contributed by atoms with Gasteiger partial charge >= 0.3 is 0 Å². The first kappa shape index (κ1) is 12.2. The van der Waals surface area contributed by atoms with Gasteiger partial charge in [-0.15, -0.1) is 12.3 Å². The van der Waals surface area contributed by atoms with Gasteiger partial charge in [0.25, 0.3) is 5.91 Å². The van der Waals surface area contributed by atoms with Crippen molar-refractivity contribution in [2.75, 3.05) is 6.54 Å². The number of hydrogen-bond donors (Lipinski definition) is 2. The van der Waals surface area contributed by atoms with Gasteiger partial charge in [-0.25, -0.2) is 0 Å². The van der Waals surface area contributed by atoms with Crippen LogP contribution in [0.1, 0.15) is 28.9 Å². The second-order valence-electron chi connectivity index (χ2n) is 3.30. The molecule has 1 aromatic rings. The Morgan fingerprint density at radius 2 is 2.44 bits per heavy atom. The summed E-state index contributed by atoms with van der Waals surface area (Å²) in [6.45, 7) is 0.918. The summed E-state index contributed by atoms with van der Waals surface area (Å²) in [5, 5.41) is 2.78. The third-order valence-corrected chi connectivity index (χ3v) is 2.07. The maximum absolute atomic E-state index is 11.6. The van der Waals surface area contributed by atoms with Crippen molar-refractivity contribution >= 4 is 5.91 Å². The molecule has 16 heavy (non-hydrogen) atoms. The van der Waals surface area contributed by atoms with Gasteiger partial charge in [0.2, 0.25) is 0 Å². The van der Waals surface area contributed by atoms with Gasteiger partial charge in [0, 0.05) is 31.3 Å². The van der Waals surface area contributed by atoms with Crippen molar-refractivity contribution in [2.24, 2.45) is 5.73 Å². The Kier molecular flexibility index (Phi) is 5.03. The smallest absolute Gasteiger partial charge is 0.251 e. The van der Waals surface area contributed by atoms with E-state index in [4.69, 9.17) is 12.2 Å². The second kappa shape index (κ2) is 6.59. The monoisotopic (exact) mass is 217 g/mol. The first-order chi connectivity index (χ1) is 7.77. The number of nitrogens with two attached hydrogens (primary N) is 1. The lowest BCUT2D eigenvalue weighted by Crippen LogP contribution is -2.24. The maximum Gasteiger partial charge on any atom is 0.251 e. The van der Waals surface area contributed by atoms with Crippen LogP contribution in [0.4, 0.5) is 0 Å². The van der Waals surface area contributed by atoms with E-state index in [0.717, 1.165) is 6.42 Å². The fourth-order valence-electron chi connectivity index (χ4n) is 1.23. The van der Waals surface area contributed by atoms with E-state index in [2.05, 4.69) is 16.2 Å². The van der Waals surface area contributed by atoms with E-state index in [1.807, 2.05) is 0 Å². The Bertz CT molecular complexity index is 395. The fourth-order valence-corrected chi connectivity index (χ4v) is 1.23. The highest BCUT2D eigenvalue weighted by atomic mass is 16.1. The molecule has 0 aliphatic heterocycles. The van der Waals surface area contributed by atoms with Crippen LogP contribution in [-0.4, -0.2) is 17.4 Å². The Labute approximate surface area is 95.3 Å². The topological polar surface area (TPSA) is 68.0 Å². The molecule has 0 bridgehead atoms. The molecule has 0 saturated carbocycles. The number of carbonyl (C=O) groups excluding carboxylic acids is 1. The number of amides is 1. The fraction of sp³-hybridized carbons (Fsp3) is 0.333. The summed E-state index contributed by atoms with van der Waals surface area (Å²) < 4.78 is 0. The molecule has 3 N–H and O–H groups in total. The standard InChI is InChI=1S/C12H15N3O/c1-2-3-4-6-15-12(16)10-5-7-14-11(8-10)9-13/h1,5,7-8H,3-4,6,9,13H2,(H,15,16). The predicted octanol–water partition coefficient (Wildman–Crippen LogP) is 0.683. The highest BCUT2D eigenvalue weighted by Gasteiger charge is 2.05. The largest absolute Gasteiger partial charge is 0.352 e. The Balaban J connectivity index is 2.49. The van der Waals surface area contributed by atoms with Gasteiger partial charge in [-0.05, 0) is 18.6 Å². The van der Waals surface area contributed by atoms with Crippen molar-refractivity contribution in [3.05, 3.63) is 29.6 Å². The van der Waals surface area contributed by atoms with Gasteiger partial charge < -0.3 is 11.1 Å². The van der Waals surface area contributed by atoms with E-state index in [9.17, 15) is 4.79 Å². The van der Waals surface area contributed by atoms with Crippen LogP contribution in [0.25, 0.3) is 0 Å². The molecule has 4 heteroatoms. The Morgan fingerprint density at radius 3 is 3.12 bits per heavy atom. The van der Waals surface area contributed by atoms with E-state index in [1.165, 1.54) is 0 Å². The molecule has 84 valence electrons. The molecule has 0 aliphatic carbocycles. The van der Waals surface area contributed by atoms with Crippen LogP contribution in [-0.2, 0) is 6.54 Å². The van der Waals surface area contributed by atoms with Crippen LogP contribution in [0.15, 0.2) is 18.3 Å². The van der Waals surface area contributed by atoms with Crippen LogP contribution >= 0.6 is 0 Å². The molecule has 4 nitrogen and oxygen atoms in total. The van der Waals surface area contributed by atoms with Crippen LogP contribution < -0.4 is 11.1 Å². The van der Waals surface area contributed by atoms with E-state index >= 15 is 0 Å². The molecule has 1 heterocycles. The van der Waals surface area contributed by atoms with Crippen molar-refractivity contribution in [1.82, 2.24) is 10.3 Å². The zero-order valence-electron chi connectivity index (χ0n) is 9.07. The average Bonchev–Trinajstić information content (AvgIpc) is 2.34. The summed E-state index contributed by atoms with van der Waals surface area (Å²) in [4.78, 5) is 15.7. The van der Waals surface area contributed by atoms with Gasteiger partial charge in [0.15, 0.2) is 0 Å². The van der Waals surface area contributed by atoms with E-state index in [1.54, 1.807) is 18.3 Å². The molecule has 0 radical (unpaired) electrons. The highest BCUT2D eigenvalue weighted by Crippen LogP contribution is 2.01. The molecule has 0 unspecified atom stereocenters. The van der Waals surface area contributed by atoms with Gasteiger partial charge in [-0.3, -0.25) is 9.78 Å². The quantitative estimate of drug-likeness (QED) is 0.563. The lowest BCUT2D eigenvalue weighted by Gasteiger charge is -2.04. The molecule has 0 fully saturated rings. The van der Waals surface area contributed by atoms with Gasteiger partial charge in [-0.2, -0.15) is 0 Å². The minimum atomic E-state index is -0.117. The summed E-state index contributed by atoms with van der Waals surface area (Å²) in [7, 11) is 0. The van der Waals surface area contributed by atoms with Crippen molar-refractivity contribution < 1.29 is 4.79 Å². The third-order valence-electron chi connectivity index (χ3n) is 2.07. The number of nitrogens with zero attached hydrogens (tertiary/aromatic N) is 1. The highest BCUT2D eigenvalue weighted by molar-refractivity contribution is 5.94. The number of carbonyl (C=O) groups is 1. The van der Waals surface area contributed by atoms with E-state index in [-0.39, 0.29) is 5.91 Å². The lowest BCUT2D eigenvalue weighted by molar-refractivity contribution is 0.0953. The summed E-state index contributed by atoms with van der Waals surface area (Å²) >= 11 is 0. The van der Waals surface area contributed by atoms with Gasteiger partial charge in [0.1, 0.15) is 0 Å². The Morgan fingerprint density at radius 1 is 1.62 bits per heavy atom. The van der Waals surface area contributed by atoms with Crippen molar-refractivity contribution in [3.8, 4) is 12.3 Å². The number of terminal acetylenes is 1. The molecule has 0 aromatic carbocycles. The lowest BCUT2D eigenvalue weighted by atomic mass is 10.2. The molecule has 1 amide bonds. The third kappa shape index (κ3) is 3.71.